The lowest BCUT2D eigenvalue weighted by molar-refractivity contribution is -0.143. The first-order valence-corrected chi connectivity index (χ1v) is 8.15. The van der Waals surface area contributed by atoms with Crippen molar-refractivity contribution in [3.8, 4) is 0 Å². The van der Waals surface area contributed by atoms with Crippen molar-refractivity contribution < 1.29 is 9.90 Å². The molecule has 0 radical (unpaired) electrons. The molecule has 2 heterocycles. The third kappa shape index (κ3) is 2.32. The normalized spacial score (nSPS) is 33.0. The summed E-state index contributed by atoms with van der Waals surface area (Å²) in [6.07, 6.45) is 5.74. The first kappa shape index (κ1) is 13.1. The Bertz CT molecular complexity index is 445. The molecule has 19 heavy (non-hydrogen) atoms. The van der Waals surface area contributed by atoms with Crippen LogP contribution in [0.2, 0.25) is 0 Å². The summed E-state index contributed by atoms with van der Waals surface area (Å²) in [4.78, 5) is 13.9. The number of nitrogens with zero attached hydrogens (tertiary/aromatic N) is 1. The molecule has 104 valence electrons. The number of aliphatic carboxylic acids is 1. The highest BCUT2D eigenvalue weighted by Gasteiger charge is 2.47. The van der Waals surface area contributed by atoms with Gasteiger partial charge < -0.3 is 5.11 Å². The fraction of sp³-hybridized carbons (Fsp3) is 0.667. The Labute approximate surface area is 118 Å². The monoisotopic (exact) mass is 279 g/mol. The second kappa shape index (κ2) is 5.25. The van der Waals surface area contributed by atoms with Gasteiger partial charge in [-0.15, -0.1) is 0 Å². The van der Waals surface area contributed by atoms with E-state index in [2.05, 4.69) is 28.7 Å². The van der Waals surface area contributed by atoms with Gasteiger partial charge in [-0.05, 0) is 54.5 Å². The molecule has 4 atom stereocenters. The first-order chi connectivity index (χ1) is 9.18. The van der Waals surface area contributed by atoms with Crippen LogP contribution in [0.5, 0.6) is 0 Å². The number of rotatable bonds is 3. The van der Waals surface area contributed by atoms with Crippen molar-refractivity contribution in [2.45, 2.75) is 57.2 Å². The van der Waals surface area contributed by atoms with E-state index in [0.29, 0.717) is 12.0 Å². The van der Waals surface area contributed by atoms with Crippen molar-refractivity contribution >= 4 is 17.3 Å². The van der Waals surface area contributed by atoms with Gasteiger partial charge in [-0.25, -0.2) is 0 Å². The van der Waals surface area contributed by atoms with Gasteiger partial charge in [-0.1, -0.05) is 12.8 Å². The number of likely N-dealkylation sites (tertiary alicyclic amines) is 1. The lowest BCUT2D eigenvalue weighted by Gasteiger charge is -2.37. The molecule has 0 aromatic carbocycles. The van der Waals surface area contributed by atoms with Crippen molar-refractivity contribution in [1.29, 1.82) is 0 Å². The van der Waals surface area contributed by atoms with Crippen LogP contribution >= 0.6 is 11.3 Å². The fourth-order valence-corrected chi connectivity index (χ4v) is 4.71. The zero-order valence-corrected chi connectivity index (χ0v) is 12.1. The van der Waals surface area contributed by atoms with E-state index in [0.717, 1.165) is 6.42 Å². The van der Waals surface area contributed by atoms with Crippen LogP contribution in [0.3, 0.4) is 0 Å². The fourth-order valence-electron chi connectivity index (χ4n) is 3.97. The number of hydrogen-bond donors (Lipinski definition) is 1. The highest BCUT2D eigenvalue weighted by atomic mass is 32.1. The Balaban J connectivity index is 1.88. The van der Waals surface area contributed by atoms with Gasteiger partial charge in [0.1, 0.15) is 6.04 Å². The maximum Gasteiger partial charge on any atom is 0.320 e. The van der Waals surface area contributed by atoms with Crippen molar-refractivity contribution in [2.75, 3.05) is 0 Å². The molecule has 1 aliphatic heterocycles. The molecular formula is C15H21NO2S. The van der Waals surface area contributed by atoms with E-state index in [-0.39, 0.29) is 12.1 Å². The van der Waals surface area contributed by atoms with Crippen LogP contribution in [-0.2, 0) is 4.79 Å². The number of thiophene rings is 1. The SMILES string of the molecule is CC(c1ccsc1)N1C(C(=O)O)CC2CCCCC21. The third-order valence-electron chi connectivity index (χ3n) is 4.90. The summed E-state index contributed by atoms with van der Waals surface area (Å²) < 4.78 is 0. The minimum absolute atomic E-state index is 0.223. The summed E-state index contributed by atoms with van der Waals surface area (Å²) in [5.74, 6) is -0.0487. The van der Waals surface area contributed by atoms with Gasteiger partial charge in [0.15, 0.2) is 0 Å². The molecule has 1 saturated carbocycles. The molecule has 4 unspecified atom stereocenters. The largest absolute Gasteiger partial charge is 0.480 e. The second-order valence-corrected chi connectivity index (χ2v) is 6.66. The highest BCUT2D eigenvalue weighted by molar-refractivity contribution is 7.07. The molecule has 1 N–H and O–H groups in total. The quantitative estimate of drug-likeness (QED) is 0.920. The summed E-state index contributed by atoms with van der Waals surface area (Å²) in [6, 6.07) is 2.54. The van der Waals surface area contributed by atoms with Gasteiger partial charge >= 0.3 is 5.97 Å². The Kier molecular flexibility index (Phi) is 3.63. The van der Waals surface area contributed by atoms with E-state index in [1.165, 1.54) is 31.2 Å². The van der Waals surface area contributed by atoms with Gasteiger partial charge in [0.05, 0.1) is 0 Å². The van der Waals surface area contributed by atoms with Gasteiger partial charge in [0, 0.05) is 12.1 Å². The zero-order chi connectivity index (χ0) is 13.4. The molecule has 2 fully saturated rings. The minimum Gasteiger partial charge on any atom is -0.480 e. The summed E-state index contributed by atoms with van der Waals surface area (Å²) in [5, 5.41) is 13.8. The van der Waals surface area contributed by atoms with Gasteiger partial charge in [-0.3, -0.25) is 9.69 Å². The van der Waals surface area contributed by atoms with Gasteiger partial charge in [0.25, 0.3) is 0 Å². The highest BCUT2D eigenvalue weighted by Crippen LogP contribution is 2.44. The molecule has 0 spiro atoms. The van der Waals surface area contributed by atoms with Crippen molar-refractivity contribution in [2.24, 2.45) is 5.92 Å². The van der Waals surface area contributed by atoms with E-state index in [1.807, 2.05) is 0 Å². The van der Waals surface area contributed by atoms with Crippen molar-refractivity contribution in [3.63, 3.8) is 0 Å². The summed E-state index contributed by atoms with van der Waals surface area (Å²) in [7, 11) is 0. The third-order valence-corrected chi connectivity index (χ3v) is 5.60. The van der Waals surface area contributed by atoms with Crippen LogP contribution in [0.15, 0.2) is 16.8 Å². The van der Waals surface area contributed by atoms with Crippen molar-refractivity contribution in [3.05, 3.63) is 22.4 Å². The van der Waals surface area contributed by atoms with E-state index in [9.17, 15) is 9.90 Å². The molecule has 2 aliphatic rings. The maximum atomic E-state index is 11.6. The predicted octanol–water partition coefficient (Wildman–Crippen LogP) is 3.53. The van der Waals surface area contributed by atoms with E-state index >= 15 is 0 Å². The average Bonchev–Trinajstić information content (AvgIpc) is 3.05. The van der Waals surface area contributed by atoms with E-state index in [1.54, 1.807) is 11.3 Å². The first-order valence-electron chi connectivity index (χ1n) is 7.21. The summed E-state index contributed by atoms with van der Waals surface area (Å²) in [5.41, 5.74) is 1.27. The molecule has 1 aromatic rings. The Morgan fingerprint density at radius 1 is 1.47 bits per heavy atom. The summed E-state index contributed by atoms with van der Waals surface area (Å²) >= 11 is 1.69. The lowest BCUT2D eigenvalue weighted by atomic mass is 9.84. The molecule has 3 nitrogen and oxygen atoms in total. The molecule has 1 aromatic heterocycles. The Morgan fingerprint density at radius 2 is 2.26 bits per heavy atom. The number of carbonyl (C=O) groups is 1. The molecule has 1 aliphatic carbocycles. The maximum absolute atomic E-state index is 11.6. The second-order valence-electron chi connectivity index (χ2n) is 5.88. The molecule has 4 heteroatoms. The van der Waals surface area contributed by atoms with Crippen LogP contribution in [0, 0.1) is 5.92 Å². The van der Waals surface area contributed by atoms with E-state index < -0.39 is 5.97 Å². The van der Waals surface area contributed by atoms with Gasteiger partial charge in [0.2, 0.25) is 0 Å². The number of fused-ring (bicyclic) bond motifs is 1. The Hall–Kier alpha value is -0.870. The minimum atomic E-state index is -0.642. The predicted molar refractivity (Wildman–Crippen MR) is 76.4 cm³/mol. The van der Waals surface area contributed by atoms with Crippen LogP contribution in [-0.4, -0.2) is 28.1 Å². The zero-order valence-electron chi connectivity index (χ0n) is 11.3. The van der Waals surface area contributed by atoms with Crippen LogP contribution in [0.4, 0.5) is 0 Å². The van der Waals surface area contributed by atoms with Crippen molar-refractivity contribution in [1.82, 2.24) is 4.90 Å². The van der Waals surface area contributed by atoms with Gasteiger partial charge in [-0.2, -0.15) is 11.3 Å². The van der Waals surface area contributed by atoms with E-state index in [4.69, 9.17) is 0 Å². The summed E-state index contributed by atoms with van der Waals surface area (Å²) in [6.45, 7) is 2.16. The molecule has 1 saturated heterocycles. The number of carboxylic acids is 1. The smallest absolute Gasteiger partial charge is 0.320 e. The Morgan fingerprint density at radius 3 is 2.95 bits per heavy atom. The van der Waals surface area contributed by atoms with Crippen LogP contribution in [0.1, 0.15) is 50.6 Å². The molecule has 0 amide bonds. The topological polar surface area (TPSA) is 40.5 Å². The number of hydrogen-bond acceptors (Lipinski definition) is 3. The molecule has 0 bridgehead atoms. The average molecular weight is 279 g/mol. The van der Waals surface area contributed by atoms with Crippen LogP contribution in [0.25, 0.3) is 0 Å². The molecule has 3 rings (SSSR count). The van der Waals surface area contributed by atoms with Crippen LogP contribution < -0.4 is 0 Å². The molecular weight excluding hydrogens is 258 g/mol. The number of carboxylic acid groups (broad SMARTS) is 1. The lowest BCUT2D eigenvalue weighted by Crippen LogP contribution is -2.43. The standard InChI is InChI=1S/C15H21NO2S/c1-10(12-6-7-19-9-12)16-13-5-3-2-4-11(13)8-14(16)15(17)18/h6-7,9-11,13-14H,2-5,8H2,1H3,(H,17,18).